The first-order valence-electron chi connectivity index (χ1n) is 8.47. The molecule has 0 aliphatic rings. The van der Waals surface area contributed by atoms with Crippen LogP contribution < -0.4 is 5.32 Å². The van der Waals surface area contributed by atoms with Gasteiger partial charge in [0.2, 0.25) is 15.9 Å². The smallest absolute Gasteiger partial charge is 0.305 e. The molecule has 2 N–H and O–H groups in total. The van der Waals surface area contributed by atoms with Gasteiger partial charge in [-0.25, -0.2) is 8.42 Å². The lowest BCUT2D eigenvalue weighted by molar-refractivity contribution is -0.138. The summed E-state index contributed by atoms with van der Waals surface area (Å²) in [7, 11) is -2.26. The second-order valence-electron chi connectivity index (χ2n) is 5.76. The normalized spacial score (nSPS) is 11.3. The predicted molar refractivity (Wildman–Crippen MR) is 98.8 cm³/mol. The Morgan fingerprint density at radius 2 is 1.78 bits per heavy atom. The number of carboxylic acids is 1. The van der Waals surface area contributed by atoms with E-state index in [1.807, 2.05) is 0 Å². The van der Waals surface area contributed by atoms with Crippen LogP contribution in [0.15, 0.2) is 29.2 Å². The number of carbonyl (C=O) groups excluding carboxylic acids is 2. The number of aliphatic carboxylic acids is 1. The lowest BCUT2D eigenvalue weighted by Gasteiger charge is -2.19. The van der Waals surface area contributed by atoms with E-state index in [-0.39, 0.29) is 30.0 Å². The number of benzene rings is 1. The molecule has 0 unspecified atom stereocenters. The van der Waals surface area contributed by atoms with Crippen molar-refractivity contribution < 1.29 is 27.9 Å². The standard InChI is InChI=1S/C17H25N3O6S/c1-4-20(5-2)27(25,26)14-8-6-7-13(11-14)17(24)18-12-15(21)19(3)10-9-16(22)23/h6-8,11H,4-5,9-10,12H2,1-3H3,(H,18,24)(H,22,23). The number of carbonyl (C=O) groups is 3. The lowest BCUT2D eigenvalue weighted by Crippen LogP contribution is -2.39. The highest BCUT2D eigenvalue weighted by Gasteiger charge is 2.22. The highest BCUT2D eigenvalue weighted by atomic mass is 32.2. The second-order valence-corrected chi connectivity index (χ2v) is 7.70. The number of hydrogen-bond acceptors (Lipinski definition) is 5. The van der Waals surface area contributed by atoms with Gasteiger partial charge in [0, 0.05) is 32.2 Å². The molecule has 0 fully saturated rings. The number of sulfonamides is 1. The van der Waals surface area contributed by atoms with Crippen molar-refractivity contribution in [2.45, 2.75) is 25.2 Å². The molecule has 0 aromatic heterocycles. The fraction of sp³-hybridized carbons (Fsp3) is 0.471. The quantitative estimate of drug-likeness (QED) is 0.586. The van der Waals surface area contributed by atoms with Crippen molar-refractivity contribution in [1.29, 1.82) is 0 Å². The van der Waals surface area contributed by atoms with Crippen LogP contribution in [0.3, 0.4) is 0 Å². The minimum Gasteiger partial charge on any atom is -0.481 e. The van der Waals surface area contributed by atoms with Crippen LogP contribution in [0.5, 0.6) is 0 Å². The molecule has 0 spiro atoms. The molecule has 1 aromatic rings. The third-order valence-electron chi connectivity index (χ3n) is 3.93. The summed E-state index contributed by atoms with van der Waals surface area (Å²) in [6.07, 6.45) is -0.193. The summed E-state index contributed by atoms with van der Waals surface area (Å²) in [6.45, 7) is 3.79. The third-order valence-corrected chi connectivity index (χ3v) is 5.97. The molecular weight excluding hydrogens is 374 g/mol. The van der Waals surface area contributed by atoms with Crippen molar-refractivity contribution in [1.82, 2.24) is 14.5 Å². The number of carboxylic acid groups (broad SMARTS) is 1. The molecule has 0 saturated carbocycles. The van der Waals surface area contributed by atoms with E-state index in [0.717, 1.165) is 0 Å². The van der Waals surface area contributed by atoms with Crippen LogP contribution >= 0.6 is 0 Å². The molecule has 9 nitrogen and oxygen atoms in total. The van der Waals surface area contributed by atoms with Gasteiger partial charge in [-0.2, -0.15) is 4.31 Å². The van der Waals surface area contributed by atoms with E-state index >= 15 is 0 Å². The van der Waals surface area contributed by atoms with Crippen LogP contribution in [0.4, 0.5) is 0 Å². The van der Waals surface area contributed by atoms with E-state index in [0.29, 0.717) is 13.1 Å². The fourth-order valence-corrected chi connectivity index (χ4v) is 3.80. The summed E-state index contributed by atoms with van der Waals surface area (Å²) in [5.74, 6) is -2.06. The maximum Gasteiger partial charge on any atom is 0.305 e. The number of likely N-dealkylation sites (N-methyl/N-ethyl adjacent to an activating group) is 1. The zero-order valence-electron chi connectivity index (χ0n) is 15.6. The van der Waals surface area contributed by atoms with Crippen molar-refractivity contribution in [3.8, 4) is 0 Å². The molecule has 10 heteroatoms. The first-order chi connectivity index (χ1) is 12.6. The summed E-state index contributed by atoms with van der Waals surface area (Å²) in [5.41, 5.74) is 0.115. The SMILES string of the molecule is CCN(CC)S(=O)(=O)c1cccc(C(=O)NCC(=O)N(C)CCC(=O)O)c1. The molecule has 1 aromatic carbocycles. The monoisotopic (exact) mass is 399 g/mol. The number of nitrogens with zero attached hydrogens (tertiary/aromatic N) is 2. The molecule has 150 valence electrons. The molecule has 2 amide bonds. The van der Waals surface area contributed by atoms with Crippen molar-refractivity contribution >= 4 is 27.8 Å². The molecule has 0 saturated heterocycles. The van der Waals surface area contributed by atoms with E-state index in [2.05, 4.69) is 5.32 Å². The van der Waals surface area contributed by atoms with E-state index < -0.39 is 27.8 Å². The van der Waals surface area contributed by atoms with Crippen molar-refractivity contribution in [3.05, 3.63) is 29.8 Å². The van der Waals surface area contributed by atoms with Crippen molar-refractivity contribution in [2.75, 3.05) is 33.2 Å². The molecule has 27 heavy (non-hydrogen) atoms. The largest absolute Gasteiger partial charge is 0.481 e. The van der Waals surface area contributed by atoms with E-state index in [9.17, 15) is 22.8 Å². The lowest BCUT2D eigenvalue weighted by atomic mass is 10.2. The Bertz CT molecular complexity index is 790. The average Bonchev–Trinajstić information content (AvgIpc) is 2.64. The highest BCUT2D eigenvalue weighted by molar-refractivity contribution is 7.89. The third kappa shape index (κ3) is 6.33. The first-order valence-corrected chi connectivity index (χ1v) is 9.91. The molecule has 0 aliphatic carbocycles. The fourth-order valence-electron chi connectivity index (χ4n) is 2.29. The Morgan fingerprint density at radius 1 is 1.15 bits per heavy atom. The van der Waals surface area contributed by atoms with Gasteiger partial charge in [-0.3, -0.25) is 14.4 Å². The van der Waals surface area contributed by atoms with Gasteiger partial charge in [-0.1, -0.05) is 19.9 Å². The zero-order valence-corrected chi connectivity index (χ0v) is 16.5. The van der Waals surface area contributed by atoms with E-state index in [1.165, 1.54) is 40.5 Å². The number of amides is 2. The average molecular weight is 399 g/mol. The maximum atomic E-state index is 12.5. The van der Waals surface area contributed by atoms with Gasteiger partial charge in [0.25, 0.3) is 5.91 Å². The Labute approximate surface area is 159 Å². The van der Waals surface area contributed by atoms with Gasteiger partial charge >= 0.3 is 5.97 Å². The Kier molecular flexibility index (Phi) is 8.38. The minimum absolute atomic E-state index is 0.00347. The summed E-state index contributed by atoms with van der Waals surface area (Å²) in [6, 6.07) is 5.60. The summed E-state index contributed by atoms with van der Waals surface area (Å²) >= 11 is 0. The second kappa shape index (κ2) is 10.0. The maximum absolute atomic E-state index is 12.5. The van der Waals surface area contributed by atoms with Crippen LogP contribution in [-0.2, 0) is 19.6 Å². The summed E-state index contributed by atoms with van der Waals surface area (Å²) in [4.78, 5) is 35.9. The van der Waals surface area contributed by atoms with Crippen LogP contribution in [0.1, 0.15) is 30.6 Å². The van der Waals surface area contributed by atoms with Crippen molar-refractivity contribution in [2.24, 2.45) is 0 Å². The topological polar surface area (TPSA) is 124 Å². The molecule has 0 radical (unpaired) electrons. The van der Waals surface area contributed by atoms with Crippen LogP contribution in [0, 0.1) is 0 Å². The van der Waals surface area contributed by atoms with E-state index in [1.54, 1.807) is 13.8 Å². The number of hydrogen-bond donors (Lipinski definition) is 2. The van der Waals surface area contributed by atoms with Gasteiger partial charge in [0.15, 0.2) is 0 Å². The molecule has 0 bridgehead atoms. The molecule has 0 atom stereocenters. The van der Waals surface area contributed by atoms with Gasteiger partial charge in [0.05, 0.1) is 17.9 Å². The molecule has 1 rings (SSSR count). The number of rotatable bonds is 10. The van der Waals surface area contributed by atoms with Gasteiger partial charge < -0.3 is 15.3 Å². The highest BCUT2D eigenvalue weighted by Crippen LogP contribution is 2.17. The van der Waals surface area contributed by atoms with Gasteiger partial charge in [-0.15, -0.1) is 0 Å². The predicted octanol–water partition coefficient (Wildman–Crippen LogP) is 0.380. The Balaban J connectivity index is 2.80. The first kappa shape index (κ1) is 22.6. The minimum atomic E-state index is -3.69. The summed E-state index contributed by atoms with van der Waals surface area (Å²) < 4.78 is 26.4. The van der Waals surface area contributed by atoms with Crippen molar-refractivity contribution in [3.63, 3.8) is 0 Å². The zero-order chi connectivity index (χ0) is 20.6. The van der Waals surface area contributed by atoms with E-state index in [4.69, 9.17) is 5.11 Å². The molecule has 0 aliphatic heterocycles. The molecular formula is C17H25N3O6S. The Morgan fingerprint density at radius 3 is 2.33 bits per heavy atom. The summed E-state index contributed by atoms with van der Waals surface area (Å²) in [5, 5.41) is 11.0. The Hall–Kier alpha value is -2.46. The number of nitrogens with one attached hydrogen (secondary N) is 1. The molecule has 0 heterocycles. The van der Waals surface area contributed by atoms with Crippen LogP contribution in [0.25, 0.3) is 0 Å². The van der Waals surface area contributed by atoms with Gasteiger partial charge in [0.1, 0.15) is 0 Å². The van der Waals surface area contributed by atoms with Crippen LogP contribution in [0.2, 0.25) is 0 Å². The van der Waals surface area contributed by atoms with Gasteiger partial charge in [-0.05, 0) is 18.2 Å². The van der Waals surface area contributed by atoms with Crippen LogP contribution in [-0.4, -0.2) is 73.7 Å².